The number of hydrogen-bond acceptors (Lipinski definition) is 2. The highest BCUT2D eigenvalue weighted by Crippen LogP contribution is 2.25. The van der Waals surface area contributed by atoms with E-state index in [0.717, 1.165) is 31.7 Å². The summed E-state index contributed by atoms with van der Waals surface area (Å²) in [4.78, 5) is 0. The standard InChI is InChI=1S/C16H25NO/c17-11-5-1-2-6-12-18-16-10-9-14-7-3-4-8-15(14)13-16/h9-10,13H,1-8,11-12,17H2. The lowest BCUT2D eigenvalue weighted by molar-refractivity contribution is 0.304. The van der Waals surface area contributed by atoms with Crippen molar-refractivity contribution in [2.24, 2.45) is 5.73 Å². The van der Waals surface area contributed by atoms with Crippen LogP contribution in [0.15, 0.2) is 18.2 Å². The SMILES string of the molecule is NCCCCCCOc1ccc2c(c1)CCCC2. The molecule has 2 nitrogen and oxygen atoms in total. The summed E-state index contributed by atoms with van der Waals surface area (Å²) in [7, 11) is 0. The first-order valence-corrected chi connectivity index (χ1v) is 7.35. The van der Waals surface area contributed by atoms with Crippen LogP contribution in [-0.4, -0.2) is 13.2 Å². The number of nitrogens with two attached hydrogens (primary N) is 1. The summed E-state index contributed by atoms with van der Waals surface area (Å²) in [5.41, 5.74) is 8.49. The van der Waals surface area contributed by atoms with Crippen LogP contribution in [0.25, 0.3) is 0 Å². The predicted octanol–water partition coefficient (Wildman–Crippen LogP) is 3.46. The topological polar surface area (TPSA) is 35.2 Å². The zero-order chi connectivity index (χ0) is 12.6. The molecule has 1 aliphatic carbocycles. The van der Waals surface area contributed by atoms with Crippen molar-refractivity contribution in [3.05, 3.63) is 29.3 Å². The molecule has 0 fully saturated rings. The summed E-state index contributed by atoms with van der Waals surface area (Å²) in [6, 6.07) is 6.62. The summed E-state index contributed by atoms with van der Waals surface area (Å²) in [5.74, 6) is 1.05. The van der Waals surface area contributed by atoms with E-state index >= 15 is 0 Å². The monoisotopic (exact) mass is 247 g/mol. The Morgan fingerprint density at radius 3 is 2.56 bits per heavy atom. The van der Waals surface area contributed by atoms with Gasteiger partial charge in [-0.05, 0) is 68.3 Å². The normalized spacial score (nSPS) is 14.3. The Bertz CT molecular complexity index is 362. The number of unbranched alkanes of at least 4 members (excludes halogenated alkanes) is 3. The Kier molecular flexibility index (Phi) is 5.53. The summed E-state index contributed by atoms with van der Waals surface area (Å²) < 4.78 is 5.82. The number of fused-ring (bicyclic) bond motifs is 1. The number of aryl methyl sites for hydroxylation is 2. The molecule has 0 radical (unpaired) electrons. The smallest absolute Gasteiger partial charge is 0.119 e. The van der Waals surface area contributed by atoms with Gasteiger partial charge < -0.3 is 10.5 Å². The van der Waals surface area contributed by atoms with Gasteiger partial charge in [-0.25, -0.2) is 0 Å². The van der Waals surface area contributed by atoms with Gasteiger partial charge in [0, 0.05) is 0 Å². The Morgan fingerprint density at radius 1 is 0.944 bits per heavy atom. The van der Waals surface area contributed by atoms with Gasteiger partial charge in [-0.3, -0.25) is 0 Å². The molecular formula is C16H25NO. The molecule has 0 saturated heterocycles. The average Bonchev–Trinajstić information content (AvgIpc) is 2.42. The number of hydrogen-bond donors (Lipinski definition) is 1. The van der Waals surface area contributed by atoms with E-state index in [0.29, 0.717) is 0 Å². The van der Waals surface area contributed by atoms with E-state index in [1.54, 1.807) is 0 Å². The van der Waals surface area contributed by atoms with Crippen molar-refractivity contribution in [3.63, 3.8) is 0 Å². The molecule has 0 aromatic heterocycles. The zero-order valence-corrected chi connectivity index (χ0v) is 11.3. The largest absolute Gasteiger partial charge is 0.494 e. The minimum Gasteiger partial charge on any atom is -0.494 e. The van der Waals surface area contributed by atoms with Gasteiger partial charge in [0.05, 0.1) is 6.61 Å². The second-order valence-corrected chi connectivity index (χ2v) is 5.19. The molecule has 0 unspecified atom stereocenters. The summed E-state index contributed by atoms with van der Waals surface area (Å²) in [5, 5.41) is 0. The zero-order valence-electron chi connectivity index (χ0n) is 11.3. The average molecular weight is 247 g/mol. The van der Waals surface area contributed by atoms with Gasteiger partial charge in [0.25, 0.3) is 0 Å². The van der Waals surface area contributed by atoms with Gasteiger partial charge in [0.2, 0.25) is 0 Å². The van der Waals surface area contributed by atoms with Crippen molar-refractivity contribution in [3.8, 4) is 5.75 Å². The van der Waals surface area contributed by atoms with E-state index in [4.69, 9.17) is 10.5 Å². The van der Waals surface area contributed by atoms with E-state index in [1.807, 2.05) is 0 Å². The van der Waals surface area contributed by atoms with Crippen LogP contribution >= 0.6 is 0 Å². The van der Waals surface area contributed by atoms with Crippen molar-refractivity contribution in [1.82, 2.24) is 0 Å². The molecule has 0 saturated carbocycles. The molecule has 2 heteroatoms. The van der Waals surface area contributed by atoms with Crippen LogP contribution < -0.4 is 10.5 Å². The maximum absolute atomic E-state index is 5.82. The van der Waals surface area contributed by atoms with Crippen molar-refractivity contribution in [1.29, 1.82) is 0 Å². The second kappa shape index (κ2) is 7.42. The van der Waals surface area contributed by atoms with Crippen molar-refractivity contribution >= 4 is 0 Å². The molecule has 100 valence electrons. The quantitative estimate of drug-likeness (QED) is 0.749. The van der Waals surface area contributed by atoms with Gasteiger partial charge in [-0.2, -0.15) is 0 Å². The fourth-order valence-corrected chi connectivity index (χ4v) is 2.59. The second-order valence-electron chi connectivity index (χ2n) is 5.19. The van der Waals surface area contributed by atoms with E-state index in [1.165, 1.54) is 49.7 Å². The lowest BCUT2D eigenvalue weighted by Gasteiger charge is -2.16. The molecule has 0 aliphatic heterocycles. The Morgan fingerprint density at radius 2 is 1.72 bits per heavy atom. The highest BCUT2D eigenvalue weighted by atomic mass is 16.5. The van der Waals surface area contributed by atoms with Crippen LogP contribution in [0.5, 0.6) is 5.75 Å². The third kappa shape index (κ3) is 4.02. The highest BCUT2D eigenvalue weighted by Gasteiger charge is 2.09. The first-order chi connectivity index (χ1) is 8.90. The van der Waals surface area contributed by atoms with Gasteiger partial charge in [-0.15, -0.1) is 0 Å². The van der Waals surface area contributed by atoms with Crippen LogP contribution in [0, 0.1) is 0 Å². The third-order valence-electron chi connectivity index (χ3n) is 3.69. The Hall–Kier alpha value is -1.02. The molecule has 1 aromatic rings. The maximum Gasteiger partial charge on any atom is 0.119 e. The first-order valence-electron chi connectivity index (χ1n) is 7.35. The lowest BCUT2D eigenvalue weighted by atomic mass is 9.92. The Labute approximate surface area is 111 Å². The van der Waals surface area contributed by atoms with Crippen LogP contribution in [0.3, 0.4) is 0 Å². The molecule has 0 spiro atoms. The summed E-state index contributed by atoms with van der Waals surface area (Å²) in [6.45, 7) is 1.65. The minimum atomic E-state index is 0.811. The van der Waals surface area contributed by atoms with E-state index < -0.39 is 0 Å². The van der Waals surface area contributed by atoms with E-state index in [-0.39, 0.29) is 0 Å². The molecule has 1 aliphatic rings. The fourth-order valence-electron chi connectivity index (χ4n) is 2.59. The van der Waals surface area contributed by atoms with Gasteiger partial charge in [-0.1, -0.05) is 18.9 Å². The molecule has 0 amide bonds. The van der Waals surface area contributed by atoms with Crippen LogP contribution in [0.2, 0.25) is 0 Å². The minimum absolute atomic E-state index is 0.811. The van der Waals surface area contributed by atoms with E-state index in [2.05, 4.69) is 18.2 Å². The maximum atomic E-state index is 5.82. The van der Waals surface area contributed by atoms with Gasteiger partial charge in [0.15, 0.2) is 0 Å². The highest BCUT2D eigenvalue weighted by molar-refractivity contribution is 5.37. The van der Waals surface area contributed by atoms with Crippen molar-refractivity contribution < 1.29 is 4.74 Å². The summed E-state index contributed by atoms with van der Waals surface area (Å²) >= 11 is 0. The number of ether oxygens (including phenoxy) is 1. The van der Waals surface area contributed by atoms with Crippen molar-refractivity contribution in [2.45, 2.75) is 51.4 Å². The molecular weight excluding hydrogens is 222 g/mol. The molecule has 0 bridgehead atoms. The van der Waals surface area contributed by atoms with E-state index in [9.17, 15) is 0 Å². The van der Waals surface area contributed by atoms with Gasteiger partial charge in [0.1, 0.15) is 5.75 Å². The van der Waals surface area contributed by atoms with Crippen LogP contribution in [0.4, 0.5) is 0 Å². The lowest BCUT2D eigenvalue weighted by Crippen LogP contribution is -2.04. The summed E-state index contributed by atoms with van der Waals surface area (Å²) in [6.07, 6.45) is 9.86. The third-order valence-corrected chi connectivity index (χ3v) is 3.69. The molecule has 0 heterocycles. The predicted molar refractivity (Wildman–Crippen MR) is 76.1 cm³/mol. The Balaban J connectivity index is 1.72. The number of benzene rings is 1. The van der Waals surface area contributed by atoms with Crippen molar-refractivity contribution in [2.75, 3.05) is 13.2 Å². The molecule has 1 aromatic carbocycles. The molecule has 2 rings (SSSR count). The number of rotatable bonds is 7. The van der Waals surface area contributed by atoms with Crippen LogP contribution in [-0.2, 0) is 12.8 Å². The fraction of sp³-hybridized carbons (Fsp3) is 0.625. The molecule has 0 atom stereocenters. The first kappa shape index (κ1) is 13.4. The molecule has 18 heavy (non-hydrogen) atoms. The van der Waals surface area contributed by atoms with Gasteiger partial charge >= 0.3 is 0 Å². The molecule has 2 N–H and O–H groups in total. The van der Waals surface area contributed by atoms with Crippen LogP contribution in [0.1, 0.15) is 49.7 Å².